The summed E-state index contributed by atoms with van der Waals surface area (Å²) < 4.78 is 27.3. The molecule has 0 amide bonds. The number of halogens is 3. The van der Waals surface area contributed by atoms with Gasteiger partial charge >= 0.3 is 0 Å². The average molecular weight is 328 g/mol. The van der Waals surface area contributed by atoms with Crippen molar-refractivity contribution in [3.8, 4) is 5.75 Å². The standard InChI is InChI=1S/C14H12BrF2NO/c15-11-1-3-13(17)9(5-11)7-18-8-10-6-12(16)2-4-14(10)19/h1-6,18-19H,7-8H2. The summed E-state index contributed by atoms with van der Waals surface area (Å²) in [5.74, 6) is -0.703. The van der Waals surface area contributed by atoms with Crippen LogP contribution in [0.25, 0.3) is 0 Å². The van der Waals surface area contributed by atoms with E-state index in [9.17, 15) is 13.9 Å². The van der Waals surface area contributed by atoms with Crippen molar-refractivity contribution in [3.63, 3.8) is 0 Å². The van der Waals surface area contributed by atoms with Gasteiger partial charge in [-0.2, -0.15) is 0 Å². The van der Waals surface area contributed by atoms with Crippen molar-refractivity contribution in [2.24, 2.45) is 0 Å². The lowest BCUT2D eigenvalue weighted by Gasteiger charge is -2.08. The molecule has 0 atom stereocenters. The molecule has 0 fully saturated rings. The van der Waals surface area contributed by atoms with Gasteiger partial charge in [-0.25, -0.2) is 8.78 Å². The highest BCUT2D eigenvalue weighted by Crippen LogP contribution is 2.18. The molecule has 0 saturated heterocycles. The van der Waals surface area contributed by atoms with Crippen LogP contribution in [0.5, 0.6) is 5.75 Å². The molecule has 19 heavy (non-hydrogen) atoms. The summed E-state index contributed by atoms with van der Waals surface area (Å²) in [7, 11) is 0. The monoisotopic (exact) mass is 327 g/mol. The third kappa shape index (κ3) is 3.75. The lowest BCUT2D eigenvalue weighted by Crippen LogP contribution is -2.14. The summed E-state index contributed by atoms with van der Waals surface area (Å²) >= 11 is 3.27. The molecule has 0 spiro atoms. The number of phenolic OH excluding ortho intramolecular Hbond substituents is 1. The van der Waals surface area contributed by atoms with Gasteiger partial charge < -0.3 is 10.4 Å². The minimum Gasteiger partial charge on any atom is -0.508 e. The maximum absolute atomic E-state index is 13.5. The zero-order chi connectivity index (χ0) is 13.8. The molecule has 2 aromatic carbocycles. The first-order chi connectivity index (χ1) is 9.06. The third-order valence-corrected chi connectivity index (χ3v) is 3.17. The Kier molecular flexibility index (Phi) is 4.50. The van der Waals surface area contributed by atoms with Crippen LogP contribution in [0.2, 0.25) is 0 Å². The second-order valence-corrected chi connectivity index (χ2v) is 5.03. The van der Waals surface area contributed by atoms with E-state index in [1.54, 1.807) is 12.1 Å². The zero-order valence-electron chi connectivity index (χ0n) is 9.96. The first-order valence-electron chi connectivity index (χ1n) is 5.68. The molecule has 0 aliphatic rings. The van der Waals surface area contributed by atoms with Gasteiger partial charge in [0.15, 0.2) is 0 Å². The highest BCUT2D eigenvalue weighted by atomic mass is 79.9. The molecule has 0 aliphatic heterocycles. The lowest BCUT2D eigenvalue weighted by molar-refractivity contribution is 0.461. The van der Waals surface area contributed by atoms with Crippen LogP contribution in [0.1, 0.15) is 11.1 Å². The molecule has 0 unspecified atom stereocenters. The van der Waals surface area contributed by atoms with Crippen LogP contribution in [0.4, 0.5) is 8.78 Å². The quantitative estimate of drug-likeness (QED) is 0.896. The van der Waals surface area contributed by atoms with E-state index >= 15 is 0 Å². The maximum atomic E-state index is 13.5. The summed E-state index contributed by atoms with van der Waals surface area (Å²) in [5, 5.41) is 12.5. The van der Waals surface area contributed by atoms with Crippen molar-refractivity contribution >= 4 is 15.9 Å². The molecule has 2 N–H and O–H groups in total. The highest BCUT2D eigenvalue weighted by molar-refractivity contribution is 9.10. The van der Waals surface area contributed by atoms with Gasteiger partial charge in [-0.1, -0.05) is 15.9 Å². The second-order valence-electron chi connectivity index (χ2n) is 4.11. The van der Waals surface area contributed by atoms with E-state index in [2.05, 4.69) is 21.2 Å². The lowest BCUT2D eigenvalue weighted by atomic mass is 10.1. The Morgan fingerprint density at radius 3 is 2.53 bits per heavy atom. The largest absolute Gasteiger partial charge is 0.508 e. The molecule has 0 saturated carbocycles. The van der Waals surface area contributed by atoms with E-state index in [0.717, 1.165) is 4.47 Å². The number of rotatable bonds is 4. The van der Waals surface area contributed by atoms with Crippen LogP contribution in [0.3, 0.4) is 0 Å². The summed E-state index contributed by atoms with van der Waals surface area (Å²) in [6.45, 7) is 0.552. The Labute approximate surface area is 118 Å². The molecule has 0 aromatic heterocycles. The first kappa shape index (κ1) is 14.0. The highest BCUT2D eigenvalue weighted by Gasteiger charge is 2.05. The molecule has 0 heterocycles. The third-order valence-electron chi connectivity index (χ3n) is 2.68. The Hall–Kier alpha value is -1.46. The Balaban J connectivity index is 2.00. The molecule has 2 nitrogen and oxygen atoms in total. The SMILES string of the molecule is Oc1ccc(F)cc1CNCc1cc(Br)ccc1F. The van der Waals surface area contributed by atoms with E-state index in [0.29, 0.717) is 17.7 Å². The van der Waals surface area contributed by atoms with Crippen LogP contribution < -0.4 is 5.32 Å². The van der Waals surface area contributed by atoms with Crippen molar-refractivity contribution < 1.29 is 13.9 Å². The summed E-state index contributed by atoms with van der Waals surface area (Å²) in [5.41, 5.74) is 0.945. The first-order valence-corrected chi connectivity index (χ1v) is 6.47. The van der Waals surface area contributed by atoms with Crippen molar-refractivity contribution in [2.75, 3.05) is 0 Å². The average Bonchev–Trinajstić information content (AvgIpc) is 2.38. The molecule has 100 valence electrons. The van der Waals surface area contributed by atoms with Crippen molar-refractivity contribution in [1.82, 2.24) is 5.32 Å². The second kappa shape index (κ2) is 6.12. The fourth-order valence-electron chi connectivity index (χ4n) is 1.71. The minimum absolute atomic E-state index is 0.0172. The summed E-state index contributed by atoms with van der Waals surface area (Å²) in [6, 6.07) is 8.41. The number of benzene rings is 2. The van der Waals surface area contributed by atoms with Gasteiger partial charge in [0.25, 0.3) is 0 Å². The minimum atomic E-state index is -0.414. The molecule has 2 rings (SSSR count). The van der Waals surface area contributed by atoms with Crippen LogP contribution >= 0.6 is 15.9 Å². The van der Waals surface area contributed by atoms with E-state index in [1.165, 1.54) is 24.3 Å². The van der Waals surface area contributed by atoms with Gasteiger partial charge in [-0.3, -0.25) is 0 Å². The molecule has 0 radical (unpaired) electrons. The van der Waals surface area contributed by atoms with Gasteiger partial charge in [-0.15, -0.1) is 0 Å². The van der Waals surface area contributed by atoms with E-state index in [4.69, 9.17) is 0 Å². The molecule has 0 bridgehead atoms. The Bertz CT molecular complexity index is 538. The maximum Gasteiger partial charge on any atom is 0.127 e. The molecular weight excluding hydrogens is 316 g/mol. The van der Waals surface area contributed by atoms with Gasteiger partial charge in [-0.05, 0) is 36.4 Å². The molecule has 0 aliphatic carbocycles. The van der Waals surface area contributed by atoms with Gasteiger partial charge in [0.05, 0.1) is 0 Å². The number of nitrogens with one attached hydrogen (secondary N) is 1. The van der Waals surface area contributed by atoms with Crippen LogP contribution in [-0.4, -0.2) is 5.11 Å². The fraction of sp³-hybridized carbons (Fsp3) is 0.143. The Morgan fingerprint density at radius 2 is 1.74 bits per heavy atom. The smallest absolute Gasteiger partial charge is 0.127 e. The predicted octanol–water partition coefficient (Wildman–Crippen LogP) is 3.72. The topological polar surface area (TPSA) is 32.3 Å². The van der Waals surface area contributed by atoms with Crippen molar-refractivity contribution in [2.45, 2.75) is 13.1 Å². The fourth-order valence-corrected chi connectivity index (χ4v) is 2.11. The molecule has 2 aromatic rings. The van der Waals surface area contributed by atoms with E-state index in [1.807, 2.05) is 0 Å². The Morgan fingerprint density at radius 1 is 1.00 bits per heavy atom. The van der Waals surface area contributed by atoms with Gasteiger partial charge in [0.2, 0.25) is 0 Å². The predicted molar refractivity (Wildman–Crippen MR) is 72.7 cm³/mol. The van der Waals surface area contributed by atoms with E-state index < -0.39 is 5.82 Å². The van der Waals surface area contributed by atoms with Crippen molar-refractivity contribution in [3.05, 3.63) is 63.6 Å². The van der Waals surface area contributed by atoms with Crippen LogP contribution in [0, 0.1) is 11.6 Å². The van der Waals surface area contributed by atoms with Crippen LogP contribution in [-0.2, 0) is 13.1 Å². The van der Waals surface area contributed by atoms with Crippen LogP contribution in [0.15, 0.2) is 40.9 Å². The number of hydrogen-bond donors (Lipinski definition) is 2. The summed E-state index contributed by atoms with van der Waals surface area (Å²) in [6.07, 6.45) is 0. The van der Waals surface area contributed by atoms with Crippen molar-refractivity contribution in [1.29, 1.82) is 0 Å². The van der Waals surface area contributed by atoms with Gasteiger partial charge in [0, 0.05) is 28.7 Å². The number of hydrogen-bond acceptors (Lipinski definition) is 2. The van der Waals surface area contributed by atoms with Gasteiger partial charge in [0.1, 0.15) is 17.4 Å². The zero-order valence-corrected chi connectivity index (χ0v) is 11.5. The summed E-state index contributed by atoms with van der Waals surface area (Å²) in [4.78, 5) is 0. The molecule has 5 heteroatoms. The number of phenols is 1. The normalized spacial score (nSPS) is 10.7. The molecular formula is C14H12BrF2NO. The number of aromatic hydroxyl groups is 1. The van der Waals surface area contributed by atoms with E-state index in [-0.39, 0.29) is 18.1 Å².